The Hall–Kier alpha value is -0.110. The Balaban J connectivity index is 2.35. The summed E-state index contributed by atoms with van der Waals surface area (Å²) in [6.45, 7) is 2.08. The summed E-state index contributed by atoms with van der Waals surface area (Å²) in [6, 6.07) is -0.179. The van der Waals surface area contributed by atoms with Gasteiger partial charge in [-0.15, -0.1) is 0 Å². The summed E-state index contributed by atoms with van der Waals surface area (Å²) >= 11 is 0. The zero-order valence-corrected chi connectivity index (χ0v) is 5.81. The number of rotatable bonds is 0. The van der Waals surface area contributed by atoms with Gasteiger partial charge in [0.1, 0.15) is 6.17 Å². The van der Waals surface area contributed by atoms with Crippen molar-refractivity contribution in [2.45, 2.75) is 38.4 Å². The molecule has 1 aliphatic rings. The maximum absolute atomic E-state index is 12.7. The first kappa shape index (κ1) is 7.00. The highest BCUT2D eigenvalue weighted by Crippen LogP contribution is 2.24. The van der Waals surface area contributed by atoms with Gasteiger partial charge < -0.3 is 5.73 Å². The third-order valence-electron chi connectivity index (χ3n) is 2.08. The van der Waals surface area contributed by atoms with E-state index in [9.17, 15) is 4.39 Å². The molecule has 0 unspecified atom stereocenters. The van der Waals surface area contributed by atoms with E-state index in [1.807, 2.05) is 0 Å². The maximum Gasteiger partial charge on any atom is 0.115 e. The second kappa shape index (κ2) is 2.65. The molecular formula is C7H14FN. The molecule has 0 bridgehead atoms. The molecule has 0 heterocycles. The topological polar surface area (TPSA) is 26.0 Å². The van der Waals surface area contributed by atoms with Crippen molar-refractivity contribution >= 4 is 0 Å². The first-order valence-corrected chi connectivity index (χ1v) is 3.60. The van der Waals surface area contributed by atoms with E-state index in [1.165, 1.54) is 0 Å². The van der Waals surface area contributed by atoms with E-state index in [1.54, 1.807) is 0 Å². The quantitative estimate of drug-likeness (QED) is 0.529. The predicted octanol–water partition coefficient (Wildman–Crippen LogP) is 1.47. The Morgan fingerprint density at radius 2 is 2.11 bits per heavy atom. The van der Waals surface area contributed by atoms with Gasteiger partial charge in [-0.1, -0.05) is 6.92 Å². The summed E-state index contributed by atoms with van der Waals surface area (Å²) in [5, 5.41) is 0. The van der Waals surface area contributed by atoms with E-state index in [0.29, 0.717) is 12.3 Å². The first-order chi connectivity index (χ1) is 4.20. The van der Waals surface area contributed by atoms with Crippen LogP contribution in [0.15, 0.2) is 0 Å². The van der Waals surface area contributed by atoms with Crippen LogP contribution >= 0.6 is 0 Å². The van der Waals surface area contributed by atoms with Crippen LogP contribution in [0.5, 0.6) is 0 Å². The van der Waals surface area contributed by atoms with Gasteiger partial charge in [-0.25, -0.2) is 4.39 Å². The van der Waals surface area contributed by atoms with Gasteiger partial charge in [0.2, 0.25) is 0 Å². The molecule has 1 aliphatic carbocycles. The van der Waals surface area contributed by atoms with Gasteiger partial charge in [0.25, 0.3) is 0 Å². The number of hydrogen-bond acceptors (Lipinski definition) is 1. The fourth-order valence-corrected chi connectivity index (χ4v) is 1.33. The molecule has 0 saturated heterocycles. The summed E-state index contributed by atoms with van der Waals surface area (Å²) in [5.74, 6) is 0.541. The van der Waals surface area contributed by atoms with Crippen molar-refractivity contribution in [1.29, 1.82) is 0 Å². The molecule has 2 heteroatoms. The fraction of sp³-hybridized carbons (Fsp3) is 1.00. The zero-order valence-electron chi connectivity index (χ0n) is 5.81. The molecule has 0 radical (unpaired) electrons. The van der Waals surface area contributed by atoms with Crippen LogP contribution in [0, 0.1) is 5.92 Å². The van der Waals surface area contributed by atoms with Crippen molar-refractivity contribution in [3.05, 3.63) is 0 Å². The monoisotopic (exact) mass is 131 g/mol. The Morgan fingerprint density at radius 3 is 2.56 bits per heavy atom. The highest BCUT2D eigenvalue weighted by atomic mass is 19.1. The average molecular weight is 131 g/mol. The molecule has 1 saturated carbocycles. The summed E-state index contributed by atoms with van der Waals surface area (Å²) in [4.78, 5) is 0. The molecule has 0 aromatic rings. The van der Waals surface area contributed by atoms with Crippen LogP contribution < -0.4 is 5.73 Å². The summed E-state index contributed by atoms with van der Waals surface area (Å²) in [7, 11) is 0. The van der Waals surface area contributed by atoms with Crippen LogP contribution in [-0.4, -0.2) is 12.2 Å². The Morgan fingerprint density at radius 1 is 1.44 bits per heavy atom. The van der Waals surface area contributed by atoms with Crippen molar-refractivity contribution in [2.75, 3.05) is 0 Å². The van der Waals surface area contributed by atoms with Crippen LogP contribution in [0.1, 0.15) is 26.2 Å². The minimum Gasteiger partial charge on any atom is -0.325 e. The smallest absolute Gasteiger partial charge is 0.115 e. The van der Waals surface area contributed by atoms with Gasteiger partial charge in [-0.2, -0.15) is 0 Å². The lowest BCUT2D eigenvalue weighted by molar-refractivity contribution is 0.179. The molecule has 3 atom stereocenters. The molecule has 1 rings (SSSR count). The van der Waals surface area contributed by atoms with Crippen LogP contribution in [0.2, 0.25) is 0 Å². The molecule has 54 valence electrons. The van der Waals surface area contributed by atoms with Gasteiger partial charge in [0.15, 0.2) is 0 Å². The third-order valence-corrected chi connectivity index (χ3v) is 2.08. The number of nitrogens with two attached hydrogens (primary N) is 1. The molecule has 0 spiro atoms. The number of hydrogen-bond donors (Lipinski definition) is 1. The van der Waals surface area contributed by atoms with Crippen LogP contribution in [0.3, 0.4) is 0 Å². The molecular weight excluding hydrogens is 117 g/mol. The van der Waals surface area contributed by atoms with Crippen LogP contribution in [-0.2, 0) is 0 Å². The van der Waals surface area contributed by atoms with Gasteiger partial charge in [0, 0.05) is 6.04 Å². The highest BCUT2D eigenvalue weighted by Gasteiger charge is 2.24. The molecule has 1 nitrogen and oxygen atoms in total. The molecule has 2 N–H and O–H groups in total. The van der Waals surface area contributed by atoms with Crippen LogP contribution in [0.25, 0.3) is 0 Å². The largest absolute Gasteiger partial charge is 0.325 e. The Labute approximate surface area is 55.4 Å². The summed E-state index contributed by atoms with van der Waals surface area (Å²) in [6.07, 6.45) is 1.89. The van der Waals surface area contributed by atoms with E-state index in [2.05, 4.69) is 6.92 Å². The van der Waals surface area contributed by atoms with Gasteiger partial charge in [0.05, 0.1) is 0 Å². The fourth-order valence-electron chi connectivity index (χ4n) is 1.33. The minimum atomic E-state index is -0.742. The molecule has 0 aromatic carbocycles. The van der Waals surface area contributed by atoms with E-state index >= 15 is 0 Å². The van der Waals surface area contributed by atoms with Gasteiger partial charge in [-0.05, 0) is 25.2 Å². The van der Waals surface area contributed by atoms with Crippen molar-refractivity contribution in [3.8, 4) is 0 Å². The summed E-state index contributed by atoms with van der Waals surface area (Å²) < 4.78 is 12.7. The lowest BCUT2D eigenvalue weighted by atomic mass is 9.86. The maximum atomic E-state index is 12.7. The molecule has 0 aromatic heterocycles. The Bertz CT molecular complexity index is 94.9. The van der Waals surface area contributed by atoms with E-state index in [-0.39, 0.29) is 6.04 Å². The van der Waals surface area contributed by atoms with E-state index in [4.69, 9.17) is 5.73 Å². The number of alkyl halides is 1. The van der Waals surface area contributed by atoms with Gasteiger partial charge >= 0.3 is 0 Å². The molecule has 0 aliphatic heterocycles. The van der Waals surface area contributed by atoms with E-state index < -0.39 is 6.17 Å². The second-order valence-corrected chi connectivity index (χ2v) is 3.10. The van der Waals surface area contributed by atoms with Gasteiger partial charge in [-0.3, -0.25) is 0 Å². The highest BCUT2D eigenvalue weighted by molar-refractivity contribution is 4.80. The minimum absolute atomic E-state index is 0.179. The predicted molar refractivity (Wildman–Crippen MR) is 35.9 cm³/mol. The number of halogens is 1. The standard InChI is InChI=1S/C7H14FN/c1-5-2-3-7(9)6(8)4-5/h5-7H,2-4,9H2,1H3/t5-,6-,7+/m1/s1. The first-order valence-electron chi connectivity index (χ1n) is 3.60. The van der Waals surface area contributed by atoms with Crippen molar-refractivity contribution in [1.82, 2.24) is 0 Å². The SMILES string of the molecule is C[C@@H]1CC[C@H](N)[C@H](F)C1. The Kier molecular flexibility index (Phi) is 2.06. The second-order valence-electron chi connectivity index (χ2n) is 3.10. The van der Waals surface area contributed by atoms with Crippen molar-refractivity contribution < 1.29 is 4.39 Å². The normalized spacial score (nSPS) is 45.0. The zero-order chi connectivity index (χ0) is 6.85. The average Bonchev–Trinajstić information content (AvgIpc) is 1.80. The van der Waals surface area contributed by atoms with Crippen LogP contribution in [0.4, 0.5) is 4.39 Å². The molecule has 9 heavy (non-hydrogen) atoms. The van der Waals surface area contributed by atoms with E-state index in [0.717, 1.165) is 12.8 Å². The van der Waals surface area contributed by atoms with Crippen molar-refractivity contribution in [2.24, 2.45) is 11.7 Å². The lowest BCUT2D eigenvalue weighted by Gasteiger charge is -2.26. The lowest BCUT2D eigenvalue weighted by Crippen LogP contribution is -2.36. The van der Waals surface area contributed by atoms with Crippen molar-refractivity contribution in [3.63, 3.8) is 0 Å². The third kappa shape index (κ3) is 1.65. The molecule has 1 fully saturated rings. The summed E-state index contributed by atoms with van der Waals surface area (Å²) in [5.41, 5.74) is 5.47. The molecule has 0 amide bonds.